The van der Waals surface area contributed by atoms with E-state index in [2.05, 4.69) is 129 Å². The van der Waals surface area contributed by atoms with Gasteiger partial charge in [0, 0.05) is 80.7 Å². The first kappa shape index (κ1) is 79.9. The Bertz CT molecular complexity index is 5010. The second-order valence-electron chi connectivity index (χ2n) is 25.0. The molecule has 0 unspecified atom stereocenters. The van der Waals surface area contributed by atoms with Crippen LogP contribution in [0.2, 0.25) is 0 Å². The molecule has 12 aromatic heterocycles. The third kappa shape index (κ3) is 21.1. The van der Waals surface area contributed by atoms with Crippen LogP contribution in [-0.4, -0.2) is 79.5 Å². The summed E-state index contributed by atoms with van der Waals surface area (Å²) in [5, 5.41) is 50.8. The molecule has 0 aliphatic heterocycles. The van der Waals surface area contributed by atoms with Crippen molar-refractivity contribution in [2.24, 2.45) is 0 Å². The van der Waals surface area contributed by atoms with E-state index in [1.165, 1.54) is 0 Å². The van der Waals surface area contributed by atoms with Gasteiger partial charge in [-0.3, -0.25) is 19.3 Å². The molecule has 12 heterocycles. The first-order chi connectivity index (χ1) is 49.5. The van der Waals surface area contributed by atoms with Crippen LogP contribution >= 0.6 is 0 Å². The Morgan fingerprint density at radius 1 is 0.292 bits per heavy atom. The fourth-order valence-corrected chi connectivity index (χ4v) is 11.5. The second-order valence-corrected chi connectivity index (χ2v) is 25.0. The third-order valence-electron chi connectivity index (χ3n) is 16.2. The van der Waals surface area contributed by atoms with E-state index in [9.17, 15) is 0 Å². The summed E-state index contributed by atoms with van der Waals surface area (Å²) < 4.78 is 7.43. The van der Waals surface area contributed by atoms with E-state index in [-0.39, 0.29) is 81.7 Å². The molecule has 540 valence electrons. The van der Waals surface area contributed by atoms with Crippen molar-refractivity contribution in [3.63, 3.8) is 0 Å². The van der Waals surface area contributed by atoms with Gasteiger partial charge in [0.15, 0.2) is 11.6 Å². The van der Waals surface area contributed by atoms with E-state index in [4.69, 9.17) is 19.9 Å². The van der Waals surface area contributed by atoms with Crippen molar-refractivity contribution in [1.29, 1.82) is 0 Å². The fourth-order valence-electron chi connectivity index (χ4n) is 11.5. The van der Waals surface area contributed by atoms with Crippen molar-refractivity contribution in [2.45, 2.75) is 94.9 Å². The average molecular weight is 1760 g/mol. The third-order valence-corrected chi connectivity index (χ3v) is 16.2. The van der Waals surface area contributed by atoms with Crippen LogP contribution in [0.3, 0.4) is 0 Å². The van der Waals surface area contributed by atoms with E-state index in [1.54, 1.807) is 4.68 Å². The zero-order chi connectivity index (χ0) is 70.6. The maximum Gasteiger partial charge on any atom is 2.00 e. The first-order valence-electron chi connectivity index (χ1n) is 33.4. The molecule has 0 atom stereocenters. The molecule has 0 bridgehead atoms. The van der Waals surface area contributed by atoms with Gasteiger partial charge in [0.1, 0.15) is 0 Å². The van der Waals surface area contributed by atoms with Gasteiger partial charge in [0.05, 0.1) is 22.8 Å². The summed E-state index contributed by atoms with van der Waals surface area (Å²) in [5.41, 5.74) is 26.7. The predicted octanol–water partition coefficient (Wildman–Crippen LogP) is 13.8. The average Bonchev–Trinajstić information content (AvgIpc) is 1.12. The van der Waals surface area contributed by atoms with Gasteiger partial charge >= 0.3 is 81.7 Å². The second kappa shape index (κ2) is 37.2. The SMILES string of the molecule is Cc1cc(-c2[c-]c(Cc3cccc(-n4ccc(C)n4)n3)ccc2)[n-]n1.Cc1cc(-c2[c-]c(Cc3cccc(-n4nc(C)cc4C)n3)ccc2)[n-]n1.Cc1cc(-c2cccc(Cc3[c-]c(-n4ccc(C)n4)ccc3)n2)[n-]n1.Cc1cc(-c2cccc(Cc3[c-]c(-n4nc(C)cc4C)ccc3)n2)[n-]n1.[Pd+2].[Pd+2].[Pd+2].[Pd+2]. The van der Waals surface area contributed by atoms with Crippen LogP contribution in [0.15, 0.2) is 207 Å². The Labute approximate surface area is 671 Å². The van der Waals surface area contributed by atoms with Crippen LogP contribution in [0.4, 0.5) is 0 Å². The summed E-state index contributed by atoms with van der Waals surface area (Å²) in [6.07, 6.45) is 6.68. The molecule has 106 heavy (non-hydrogen) atoms. The number of aromatic nitrogens is 20. The van der Waals surface area contributed by atoms with Gasteiger partial charge in [0.25, 0.3) is 0 Å². The van der Waals surface area contributed by atoms with Crippen LogP contribution in [0.1, 0.15) is 102 Å². The van der Waals surface area contributed by atoms with Gasteiger partial charge < -0.3 is 40.8 Å². The van der Waals surface area contributed by atoms with Crippen molar-refractivity contribution in [2.75, 3.05) is 0 Å². The number of aryl methyl sites for hydroxylation is 10. The molecule has 0 fully saturated rings. The van der Waals surface area contributed by atoms with Crippen molar-refractivity contribution in [1.82, 2.24) is 99.8 Å². The number of nitrogens with zero attached hydrogens (tertiary/aromatic N) is 20. The topological polar surface area (TPSA) is 231 Å². The molecule has 0 spiro atoms. The summed E-state index contributed by atoms with van der Waals surface area (Å²) in [4.78, 5) is 18.9. The molecule has 0 radical (unpaired) electrons. The van der Waals surface area contributed by atoms with Crippen LogP contribution in [0.25, 0.3) is 68.3 Å². The van der Waals surface area contributed by atoms with Gasteiger partial charge in [-0.2, -0.15) is 79.0 Å². The molecule has 0 aliphatic rings. The molecule has 0 N–H and O–H groups in total. The molecule has 20 nitrogen and oxygen atoms in total. The molecular formula is C82H72N20Pd4. The Hall–Kier alpha value is -10.2. The van der Waals surface area contributed by atoms with Gasteiger partial charge in [-0.05, 0) is 179 Å². The monoisotopic (exact) mass is 1760 g/mol. The molecule has 24 heteroatoms. The summed E-state index contributed by atoms with van der Waals surface area (Å²) in [6.45, 7) is 19.7. The Morgan fingerprint density at radius 3 is 1.07 bits per heavy atom. The summed E-state index contributed by atoms with van der Waals surface area (Å²) in [7, 11) is 0. The molecule has 16 rings (SSSR count). The van der Waals surface area contributed by atoms with Gasteiger partial charge in [-0.1, -0.05) is 59.9 Å². The van der Waals surface area contributed by atoms with Crippen molar-refractivity contribution in [3.8, 4) is 68.3 Å². The number of rotatable bonds is 16. The standard InChI is InChI=1S/2C21H19N5.2C20H17N5.4Pd/c1-14-11-21(24-23-14)20-9-5-7-18(22-20)12-17-6-4-8-19(13-17)26-16(3)10-15(2)25-26;1-14-11-20(24-23-14)18-7-4-6-17(12-18)13-19-8-5-9-21(22-19)26-16(3)10-15(2)25-26;1-14-9-10-25(24-14)18-7-3-5-16(13-18)12-17-6-4-8-19(21-17)20-11-15(2)22-23-20;1-14-9-10-25(24-14)20-8-4-7-18(21-20)13-16-5-3-6-17(12-16)19-11-15(2)22-23-19;;;;/h4-11H,12H2,1-3H3;4-11H,13H2,1-3H3;3-11H,12H2,1-2H3;3-11H,13H2,1-2H3;;;;/q4*-2;4*+2. The minimum absolute atomic E-state index is 0. The predicted molar refractivity (Wildman–Crippen MR) is 391 cm³/mol. The molecule has 0 amide bonds. The van der Waals surface area contributed by atoms with Crippen LogP contribution < -0.4 is 20.4 Å². The zero-order valence-electron chi connectivity index (χ0n) is 59.7. The quantitative estimate of drug-likeness (QED) is 0.0646. The molecule has 16 aromatic rings. The van der Waals surface area contributed by atoms with Crippen molar-refractivity contribution >= 4 is 0 Å². The minimum atomic E-state index is 0. The summed E-state index contributed by atoms with van der Waals surface area (Å²) in [5.74, 6) is 1.65. The maximum absolute atomic E-state index is 4.77. The summed E-state index contributed by atoms with van der Waals surface area (Å²) >= 11 is 0. The minimum Gasteiger partial charge on any atom is -0.619 e. The number of pyridine rings is 4. The molecule has 4 aromatic carbocycles. The smallest absolute Gasteiger partial charge is 0.619 e. The number of hydrogen-bond acceptors (Lipinski definition) is 12. The van der Waals surface area contributed by atoms with Crippen LogP contribution in [0, 0.1) is 93.5 Å². The largest absolute Gasteiger partial charge is 2.00 e. The normalized spacial score (nSPS) is 10.6. The van der Waals surface area contributed by atoms with Gasteiger partial charge in [-0.25, -0.2) is 30.7 Å². The van der Waals surface area contributed by atoms with Crippen LogP contribution in [-0.2, 0) is 107 Å². The van der Waals surface area contributed by atoms with E-state index >= 15 is 0 Å². The molecule has 0 saturated heterocycles. The van der Waals surface area contributed by atoms with E-state index in [1.807, 2.05) is 246 Å². The van der Waals surface area contributed by atoms with E-state index in [0.717, 1.165) is 170 Å². The van der Waals surface area contributed by atoms with Gasteiger partial charge in [-0.15, -0.1) is 71.8 Å². The fraction of sp³-hybridized carbons (Fsp3) is 0.171. The van der Waals surface area contributed by atoms with Gasteiger partial charge in [0.2, 0.25) is 0 Å². The first-order valence-corrected chi connectivity index (χ1v) is 33.4. The Balaban J connectivity index is 0.000000161. The molecular weight excluding hydrogens is 1690 g/mol. The van der Waals surface area contributed by atoms with Crippen molar-refractivity contribution in [3.05, 3.63) is 333 Å². The van der Waals surface area contributed by atoms with E-state index in [0.29, 0.717) is 25.7 Å². The molecule has 0 aliphatic carbocycles. The van der Waals surface area contributed by atoms with Crippen molar-refractivity contribution < 1.29 is 81.7 Å². The maximum atomic E-state index is 4.77. The summed E-state index contributed by atoms with van der Waals surface area (Å²) in [6, 6.07) is 78.0. The molecule has 0 saturated carbocycles. The number of benzene rings is 4. The number of hydrogen-bond donors (Lipinski definition) is 0. The van der Waals surface area contributed by atoms with E-state index < -0.39 is 0 Å². The Kier molecular flexibility index (Phi) is 28.0. The zero-order valence-corrected chi connectivity index (χ0v) is 65.9. The van der Waals surface area contributed by atoms with Crippen LogP contribution in [0.5, 0.6) is 0 Å². The Morgan fingerprint density at radius 2 is 0.651 bits per heavy atom.